The standard InChI is InChI=1S/C36H58N6O5/c1-22(2)28(20-23(3)31(43)39-19-15-14-17-26(37)34(46)47)42(11)33(45)30(35(4,5)6)40-32(44)29(38-9)36(7,8)25-21-41(10)27-18-13-12-16-24(25)27/h12-13,16,18,20-22,26,28-30,38H,14-15,17,19,37H2,1-11H3,(H,39,43)(H,40,44)(H,46,47)/b23-20+/t26-,28-,29-,30?/m1/s1. The first-order valence-electron chi connectivity index (χ1n) is 16.5. The summed E-state index contributed by atoms with van der Waals surface area (Å²) in [6.45, 7) is 15.9. The molecule has 3 amide bonds. The molecule has 1 aromatic carbocycles. The Bertz CT molecular complexity index is 1440. The Hall–Kier alpha value is -3.70. The average molecular weight is 655 g/mol. The van der Waals surface area contributed by atoms with Gasteiger partial charge in [-0.05, 0) is 56.2 Å². The van der Waals surface area contributed by atoms with Gasteiger partial charge in [-0.1, -0.05) is 72.7 Å². The number of para-hydroxylation sites is 1. The molecule has 6 N–H and O–H groups in total. The number of benzene rings is 1. The average Bonchev–Trinajstić information content (AvgIpc) is 3.34. The summed E-state index contributed by atoms with van der Waals surface area (Å²) >= 11 is 0. The lowest BCUT2D eigenvalue weighted by atomic mass is 9.76. The van der Waals surface area contributed by atoms with Gasteiger partial charge in [-0.25, -0.2) is 0 Å². The van der Waals surface area contributed by atoms with Gasteiger partial charge in [-0.3, -0.25) is 19.2 Å². The number of nitrogens with two attached hydrogens (primary N) is 1. The van der Waals surface area contributed by atoms with Crippen molar-refractivity contribution in [1.82, 2.24) is 25.4 Å². The number of nitrogens with zero attached hydrogens (tertiary/aromatic N) is 2. The number of unbranched alkanes of at least 4 members (excludes halogenated alkanes) is 1. The van der Waals surface area contributed by atoms with Gasteiger partial charge in [0.15, 0.2) is 0 Å². The molecule has 2 aromatic rings. The molecule has 0 saturated heterocycles. The van der Waals surface area contributed by atoms with Crippen molar-refractivity contribution in [1.29, 1.82) is 0 Å². The van der Waals surface area contributed by atoms with Crippen LogP contribution in [0.5, 0.6) is 0 Å². The largest absolute Gasteiger partial charge is 0.480 e. The van der Waals surface area contributed by atoms with E-state index in [9.17, 15) is 19.2 Å². The van der Waals surface area contributed by atoms with E-state index in [1.165, 1.54) is 0 Å². The van der Waals surface area contributed by atoms with Crippen LogP contribution in [0.15, 0.2) is 42.1 Å². The van der Waals surface area contributed by atoms with Gasteiger partial charge in [0.1, 0.15) is 12.1 Å². The molecule has 1 heterocycles. The molecule has 0 fully saturated rings. The fourth-order valence-corrected chi connectivity index (χ4v) is 6.09. The molecule has 2 rings (SSSR count). The van der Waals surface area contributed by atoms with Gasteiger partial charge < -0.3 is 36.3 Å². The summed E-state index contributed by atoms with van der Waals surface area (Å²) in [6, 6.07) is 5.32. The first kappa shape index (κ1) is 39.5. The SMILES string of the molecule is CN[C@H](C(=O)NC(C(=O)N(C)[C@H](/C=C(\C)C(=O)NCCCC[C@@H](N)C(=O)O)C(C)C)C(C)(C)C)C(C)(C)c1cn(C)c2ccccc12. The first-order valence-corrected chi connectivity index (χ1v) is 16.5. The zero-order valence-electron chi connectivity index (χ0n) is 30.2. The third-order valence-corrected chi connectivity index (χ3v) is 9.06. The second kappa shape index (κ2) is 16.4. The van der Waals surface area contributed by atoms with E-state index in [-0.39, 0.29) is 23.6 Å². The lowest BCUT2D eigenvalue weighted by Gasteiger charge is -2.39. The van der Waals surface area contributed by atoms with Crippen molar-refractivity contribution in [2.45, 2.75) is 104 Å². The summed E-state index contributed by atoms with van der Waals surface area (Å²) in [5.41, 5.74) is 6.89. The number of carbonyl (C=O) groups is 4. The molecular weight excluding hydrogens is 596 g/mol. The summed E-state index contributed by atoms with van der Waals surface area (Å²) in [5, 5.41) is 19.2. The van der Waals surface area contributed by atoms with E-state index in [0.29, 0.717) is 31.4 Å². The number of aliphatic carboxylic acids is 1. The van der Waals surface area contributed by atoms with E-state index in [2.05, 4.69) is 38.8 Å². The van der Waals surface area contributed by atoms with Gasteiger partial charge in [0, 0.05) is 48.7 Å². The Kier molecular flexibility index (Phi) is 13.8. The number of hydrogen-bond acceptors (Lipinski definition) is 6. The van der Waals surface area contributed by atoms with Crippen molar-refractivity contribution < 1.29 is 24.3 Å². The minimum atomic E-state index is -1.04. The number of amides is 3. The van der Waals surface area contributed by atoms with Gasteiger partial charge in [0.05, 0.1) is 12.1 Å². The number of likely N-dealkylation sites (N-methyl/N-ethyl adjacent to an activating group) is 2. The van der Waals surface area contributed by atoms with Gasteiger partial charge in [0.25, 0.3) is 0 Å². The number of hydrogen-bond donors (Lipinski definition) is 5. The maximum absolute atomic E-state index is 14.2. The minimum Gasteiger partial charge on any atom is -0.480 e. The molecule has 0 bridgehead atoms. The van der Waals surface area contributed by atoms with Crippen molar-refractivity contribution in [3.05, 3.63) is 47.7 Å². The maximum atomic E-state index is 14.2. The first-order chi connectivity index (χ1) is 21.7. The van der Waals surface area contributed by atoms with Crippen molar-refractivity contribution in [3.8, 4) is 0 Å². The molecular formula is C36H58N6O5. The summed E-state index contributed by atoms with van der Waals surface area (Å²) in [4.78, 5) is 53.6. The molecule has 0 saturated carbocycles. The highest BCUT2D eigenvalue weighted by atomic mass is 16.4. The Balaban J connectivity index is 2.24. The van der Waals surface area contributed by atoms with Crippen molar-refractivity contribution in [2.24, 2.45) is 24.1 Å². The Morgan fingerprint density at radius 2 is 1.66 bits per heavy atom. The van der Waals surface area contributed by atoms with Crippen molar-refractivity contribution in [3.63, 3.8) is 0 Å². The molecule has 1 aromatic heterocycles. The van der Waals surface area contributed by atoms with Crippen molar-refractivity contribution in [2.75, 3.05) is 20.6 Å². The maximum Gasteiger partial charge on any atom is 0.320 e. The zero-order valence-corrected chi connectivity index (χ0v) is 30.2. The quantitative estimate of drug-likeness (QED) is 0.136. The molecule has 0 spiro atoms. The third kappa shape index (κ3) is 9.90. The minimum absolute atomic E-state index is 0.0177. The molecule has 11 nitrogen and oxygen atoms in total. The van der Waals surface area contributed by atoms with E-state index in [0.717, 1.165) is 16.5 Å². The number of aryl methyl sites for hydroxylation is 1. The molecule has 11 heteroatoms. The number of carboxylic acids is 1. The van der Waals surface area contributed by atoms with Crippen LogP contribution in [0.3, 0.4) is 0 Å². The van der Waals surface area contributed by atoms with Crippen molar-refractivity contribution >= 4 is 34.6 Å². The molecule has 0 radical (unpaired) electrons. The molecule has 4 atom stereocenters. The Morgan fingerprint density at radius 3 is 2.21 bits per heavy atom. The van der Waals surface area contributed by atoms with Crippen LogP contribution < -0.4 is 21.7 Å². The molecule has 262 valence electrons. The van der Waals surface area contributed by atoms with Crippen LogP contribution in [0.2, 0.25) is 0 Å². The summed E-state index contributed by atoms with van der Waals surface area (Å²) in [5.74, 6) is -1.83. The normalized spacial score (nSPS) is 15.2. The van der Waals surface area contributed by atoms with E-state index < -0.39 is 41.0 Å². The van der Waals surface area contributed by atoms with E-state index in [4.69, 9.17) is 10.8 Å². The number of carbonyl (C=O) groups excluding carboxylic acids is 3. The second-order valence-electron chi connectivity index (χ2n) is 14.7. The summed E-state index contributed by atoms with van der Waals surface area (Å²) < 4.78 is 2.06. The lowest BCUT2D eigenvalue weighted by Crippen LogP contribution is -2.61. The smallest absolute Gasteiger partial charge is 0.320 e. The summed E-state index contributed by atoms with van der Waals surface area (Å²) in [6.07, 6.45) is 5.37. The topological polar surface area (TPSA) is 159 Å². The van der Waals surface area contributed by atoms with Gasteiger partial charge in [-0.15, -0.1) is 0 Å². The highest BCUT2D eigenvalue weighted by molar-refractivity contribution is 5.94. The molecule has 47 heavy (non-hydrogen) atoms. The highest BCUT2D eigenvalue weighted by Gasteiger charge is 2.42. The molecule has 0 aliphatic rings. The molecule has 0 aliphatic carbocycles. The van der Waals surface area contributed by atoms with Gasteiger partial charge in [-0.2, -0.15) is 0 Å². The van der Waals surface area contributed by atoms with Gasteiger partial charge in [0.2, 0.25) is 17.7 Å². The van der Waals surface area contributed by atoms with Crippen LogP contribution in [0.25, 0.3) is 10.9 Å². The molecule has 0 aliphatic heterocycles. The number of fused-ring (bicyclic) bond motifs is 1. The number of aromatic nitrogens is 1. The lowest BCUT2D eigenvalue weighted by molar-refractivity contribution is -0.141. The van der Waals surface area contributed by atoms with Crippen LogP contribution in [-0.2, 0) is 31.6 Å². The Morgan fingerprint density at radius 1 is 1.04 bits per heavy atom. The number of rotatable bonds is 16. The van der Waals surface area contributed by atoms with Crippen LogP contribution in [0.4, 0.5) is 0 Å². The van der Waals surface area contributed by atoms with Crippen LogP contribution in [0.1, 0.15) is 80.2 Å². The van der Waals surface area contributed by atoms with Crippen LogP contribution in [0, 0.1) is 11.3 Å². The van der Waals surface area contributed by atoms with E-state index in [1.54, 1.807) is 32.0 Å². The number of nitrogens with one attached hydrogen (secondary N) is 3. The van der Waals surface area contributed by atoms with E-state index >= 15 is 0 Å². The predicted molar refractivity (Wildman–Crippen MR) is 188 cm³/mol. The fraction of sp³-hybridized carbons (Fsp3) is 0.611. The predicted octanol–water partition coefficient (Wildman–Crippen LogP) is 3.70. The van der Waals surface area contributed by atoms with E-state index in [1.807, 2.05) is 67.6 Å². The third-order valence-electron chi connectivity index (χ3n) is 9.06. The fourth-order valence-electron chi connectivity index (χ4n) is 6.09. The zero-order chi connectivity index (χ0) is 35.9. The monoisotopic (exact) mass is 654 g/mol. The Labute approximate surface area is 280 Å². The molecule has 1 unspecified atom stereocenters. The van der Waals surface area contributed by atoms with Crippen LogP contribution in [-0.4, -0.2) is 83.1 Å². The van der Waals surface area contributed by atoms with Crippen LogP contribution >= 0.6 is 0 Å². The van der Waals surface area contributed by atoms with Gasteiger partial charge >= 0.3 is 5.97 Å². The second-order valence-corrected chi connectivity index (χ2v) is 14.7. The summed E-state index contributed by atoms with van der Waals surface area (Å²) in [7, 11) is 5.46. The highest BCUT2D eigenvalue weighted by Crippen LogP contribution is 2.35. The number of carboxylic acid groups (broad SMARTS) is 1.